The third-order valence-corrected chi connectivity index (χ3v) is 0.707. The van der Waals surface area contributed by atoms with Crippen LogP contribution in [0.3, 0.4) is 0 Å². The Bertz CT molecular complexity index is 23.7. The predicted octanol–water partition coefficient (Wildman–Crippen LogP) is 3.61. The second-order valence-corrected chi connectivity index (χ2v) is 1.85. The Hall–Kier alpha value is 0. The summed E-state index contributed by atoms with van der Waals surface area (Å²) in [4.78, 5) is 0. The Labute approximate surface area is 55.7 Å². The minimum atomic E-state index is 0.569. The van der Waals surface area contributed by atoms with Gasteiger partial charge < -0.3 is 0 Å². The van der Waals surface area contributed by atoms with Crippen LogP contribution in [0.15, 0.2) is 0 Å². The molecule has 0 aliphatic rings. The van der Waals surface area contributed by atoms with Gasteiger partial charge in [0.15, 0.2) is 0 Å². The van der Waals surface area contributed by atoms with Crippen molar-refractivity contribution < 1.29 is 1.37 Å². The molecule has 8 heavy (non-hydrogen) atoms. The van der Waals surface area contributed by atoms with E-state index in [0.717, 1.165) is 6.42 Å². The van der Waals surface area contributed by atoms with Crippen molar-refractivity contribution in [3.63, 3.8) is 0 Å². The Morgan fingerprint density at radius 1 is 1.12 bits per heavy atom. The molecule has 0 heterocycles. The molecule has 0 aromatic rings. The van der Waals surface area contributed by atoms with Crippen LogP contribution in [-0.4, -0.2) is 0 Å². The molecule has 0 nitrogen and oxygen atoms in total. The van der Waals surface area contributed by atoms with Crippen LogP contribution in [0.2, 0.25) is 0 Å². The van der Waals surface area contributed by atoms with E-state index in [1.54, 1.807) is 0 Å². The second-order valence-electron chi connectivity index (χ2n) is 1.85. The fourth-order valence-corrected chi connectivity index (χ4v) is 0.354. The zero-order chi connectivity index (χ0) is 7.54. The van der Waals surface area contributed by atoms with Crippen molar-refractivity contribution in [2.24, 2.45) is 0 Å². The van der Waals surface area contributed by atoms with Gasteiger partial charge in [0.2, 0.25) is 0 Å². The van der Waals surface area contributed by atoms with Crippen LogP contribution in [0.4, 0.5) is 0 Å². The van der Waals surface area contributed by atoms with Crippen LogP contribution in [0.25, 0.3) is 0 Å². The Balaban J connectivity index is 0. The molecule has 0 saturated carbocycles. The summed E-state index contributed by atoms with van der Waals surface area (Å²) >= 11 is 0. The molecule has 0 amide bonds. The summed E-state index contributed by atoms with van der Waals surface area (Å²) in [5.74, 6) is 0. The van der Waals surface area contributed by atoms with Crippen molar-refractivity contribution in [3.05, 3.63) is 0 Å². The molecule has 0 heteroatoms. The standard InChI is InChI=1S/C5H12.C3H8/c1-3-5-4-2;1-3-2/h3-5H2,1-2H3;3H2,1-2H3/i;1D. The molecule has 0 fully saturated rings. The maximum atomic E-state index is 6.45. The molecule has 0 aliphatic carbocycles. The van der Waals surface area contributed by atoms with Gasteiger partial charge in [0.05, 0.1) is 0 Å². The normalized spacial score (nSPS) is 9.12. The van der Waals surface area contributed by atoms with Crippen LogP contribution in [0.1, 0.15) is 54.7 Å². The molecule has 0 N–H and O–H groups in total. The summed E-state index contributed by atoms with van der Waals surface area (Å²) < 4.78 is 6.45. The van der Waals surface area contributed by atoms with E-state index in [1.807, 2.05) is 6.92 Å². The molecule has 0 spiro atoms. The summed E-state index contributed by atoms with van der Waals surface area (Å²) in [5, 5.41) is 0. The van der Waals surface area contributed by atoms with Crippen LogP contribution in [0, 0.1) is 0 Å². The SMILES string of the molecule is CCCCC.[2H]CCC. The van der Waals surface area contributed by atoms with E-state index in [0.29, 0.717) is 6.90 Å². The maximum absolute atomic E-state index is 6.45. The summed E-state index contributed by atoms with van der Waals surface area (Å²) in [6.45, 7) is 6.99. The van der Waals surface area contributed by atoms with E-state index < -0.39 is 0 Å². The van der Waals surface area contributed by atoms with Crippen molar-refractivity contribution in [1.82, 2.24) is 0 Å². The zero-order valence-electron chi connectivity index (χ0n) is 7.54. The van der Waals surface area contributed by atoms with Crippen molar-refractivity contribution in [2.45, 2.75) is 53.4 Å². The molecular weight excluding hydrogens is 96.1 g/mol. The molecule has 0 unspecified atom stereocenters. The minimum Gasteiger partial charge on any atom is -0.0656 e. The molecule has 0 aliphatic heterocycles. The van der Waals surface area contributed by atoms with Crippen LogP contribution < -0.4 is 0 Å². The fraction of sp³-hybridized carbons (Fsp3) is 1.00. The summed E-state index contributed by atoms with van der Waals surface area (Å²) in [6.07, 6.45) is 5.06. The van der Waals surface area contributed by atoms with Gasteiger partial charge in [-0.2, -0.15) is 0 Å². The molecule has 0 atom stereocenters. The highest BCUT2D eigenvalue weighted by Crippen LogP contribution is 1.88. The fourth-order valence-electron chi connectivity index (χ4n) is 0.354. The van der Waals surface area contributed by atoms with Gasteiger partial charge in [0.25, 0.3) is 0 Å². The quantitative estimate of drug-likeness (QED) is 0.518. The smallest absolute Gasteiger partial charge is 0.0230 e. The Morgan fingerprint density at radius 3 is 1.50 bits per heavy atom. The lowest BCUT2D eigenvalue weighted by Crippen LogP contribution is -1.59. The predicted molar refractivity (Wildman–Crippen MR) is 41.2 cm³/mol. The van der Waals surface area contributed by atoms with Crippen LogP contribution in [-0.2, 0) is 0 Å². The first-order chi connectivity index (χ1) is 4.33. The Kier molecular flexibility index (Phi) is 15.8. The van der Waals surface area contributed by atoms with Crippen molar-refractivity contribution >= 4 is 0 Å². The highest BCUT2D eigenvalue weighted by molar-refractivity contribution is 4.24. The van der Waals surface area contributed by atoms with Crippen molar-refractivity contribution in [1.29, 1.82) is 0 Å². The van der Waals surface area contributed by atoms with E-state index in [4.69, 9.17) is 1.37 Å². The first-order valence-electron chi connectivity index (χ1n) is 4.33. The van der Waals surface area contributed by atoms with E-state index in [2.05, 4.69) is 13.8 Å². The van der Waals surface area contributed by atoms with Crippen molar-refractivity contribution in [2.75, 3.05) is 0 Å². The third-order valence-electron chi connectivity index (χ3n) is 0.707. The second kappa shape index (κ2) is 15.8. The van der Waals surface area contributed by atoms with E-state index >= 15 is 0 Å². The van der Waals surface area contributed by atoms with Gasteiger partial charge in [-0.05, 0) is 0 Å². The first-order valence-corrected chi connectivity index (χ1v) is 3.62. The van der Waals surface area contributed by atoms with Gasteiger partial charge in [0.1, 0.15) is 0 Å². The van der Waals surface area contributed by atoms with Crippen molar-refractivity contribution in [3.8, 4) is 0 Å². The van der Waals surface area contributed by atoms with Crippen LogP contribution in [0.5, 0.6) is 0 Å². The third kappa shape index (κ3) is 37.5. The number of hydrogen-bond acceptors (Lipinski definition) is 0. The molecule has 0 bridgehead atoms. The highest BCUT2D eigenvalue weighted by atomic mass is 13.7. The summed E-state index contributed by atoms with van der Waals surface area (Å²) in [6, 6.07) is 0. The maximum Gasteiger partial charge on any atom is 0.0230 e. The zero-order valence-corrected chi connectivity index (χ0v) is 6.54. The van der Waals surface area contributed by atoms with E-state index in [9.17, 15) is 0 Å². The lowest BCUT2D eigenvalue weighted by atomic mass is 10.3. The molecule has 0 radical (unpaired) electrons. The highest BCUT2D eigenvalue weighted by Gasteiger charge is 1.68. The molecule has 0 aromatic carbocycles. The average molecular weight is 117 g/mol. The lowest BCUT2D eigenvalue weighted by Gasteiger charge is -1.79. The Morgan fingerprint density at radius 2 is 1.50 bits per heavy atom. The van der Waals surface area contributed by atoms with Gasteiger partial charge in [-0.1, -0.05) is 53.4 Å². The lowest BCUT2D eigenvalue weighted by molar-refractivity contribution is 0.772. The van der Waals surface area contributed by atoms with Gasteiger partial charge in [-0.15, -0.1) is 0 Å². The van der Waals surface area contributed by atoms with E-state index in [-0.39, 0.29) is 0 Å². The van der Waals surface area contributed by atoms with E-state index in [1.165, 1.54) is 19.3 Å². The molecule has 0 saturated heterocycles. The number of unbranched alkanes of at least 4 members (excludes halogenated alkanes) is 2. The molecular formula is C8H20. The summed E-state index contributed by atoms with van der Waals surface area (Å²) in [7, 11) is 0. The minimum absolute atomic E-state index is 0.569. The molecule has 52 valence electrons. The largest absolute Gasteiger partial charge is 0.0656 e. The average Bonchev–Trinajstić information content (AvgIpc) is 1.91. The van der Waals surface area contributed by atoms with Gasteiger partial charge in [0, 0.05) is 1.37 Å². The van der Waals surface area contributed by atoms with Gasteiger partial charge >= 0.3 is 0 Å². The monoisotopic (exact) mass is 117 g/mol. The molecule has 0 rings (SSSR count). The first kappa shape index (κ1) is 8.00. The molecule has 0 aromatic heterocycles. The number of rotatable bonds is 2. The summed E-state index contributed by atoms with van der Waals surface area (Å²) in [5.41, 5.74) is 0. The number of hydrogen-bond donors (Lipinski definition) is 0. The topological polar surface area (TPSA) is 0 Å². The van der Waals surface area contributed by atoms with Gasteiger partial charge in [-0.3, -0.25) is 0 Å². The van der Waals surface area contributed by atoms with Gasteiger partial charge in [-0.25, -0.2) is 0 Å². The van der Waals surface area contributed by atoms with Crippen LogP contribution >= 0.6 is 0 Å².